The summed E-state index contributed by atoms with van der Waals surface area (Å²) >= 11 is 0. The first-order valence-electron chi connectivity index (χ1n) is 3.60. The van der Waals surface area contributed by atoms with Gasteiger partial charge in [0.05, 0.1) is 5.56 Å². The van der Waals surface area contributed by atoms with Gasteiger partial charge in [-0.3, -0.25) is 4.98 Å². The molecule has 0 spiro atoms. The Labute approximate surface area is 77.2 Å². The summed E-state index contributed by atoms with van der Waals surface area (Å²) in [4.78, 5) is 13.6. The van der Waals surface area contributed by atoms with Crippen LogP contribution < -0.4 is 0 Å². The molecular formula is C8H6F3NO2. The molecule has 0 saturated heterocycles. The second-order valence-corrected chi connectivity index (χ2v) is 2.65. The van der Waals surface area contributed by atoms with Gasteiger partial charge >= 0.3 is 12.1 Å². The number of carbonyl (C=O) groups is 1. The molecule has 0 radical (unpaired) electrons. The molecule has 0 aliphatic heterocycles. The summed E-state index contributed by atoms with van der Waals surface area (Å²) in [5.41, 5.74) is -2.11. The quantitative estimate of drug-likeness (QED) is 0.763. The van der Waals surface area contributed by atoms with E-state index in [0.717, 1.165) is 6.20 Å². The summed E-state index contributed by atoms with van der Waals surface area (Å²) in [7, 11) is 0. The van der Waals surface area contributed by atoms with Crippen molar-refractivity contribution < 1.29 is 23.1 Å². The lowest BCUT2D eigenvalue weighted by atomic mass is 10.1. The van der Waals surface area contributed by atoms with Crippen LogP contribution in [-0.2, 0) is 6.18 Å². The molecule has 1 N–H and O–H groups in total. The topological polar surface area (TPSA) is 50.2 Å². The van der Waals surface area contributed by atoms with Gasteiger partial charge in [0.15, 0.2) is 5.69 Å². The van der Waals surface area contributed by atoms with E-state index in [-0.39, 0.29) is 5.56 Å². The highest BCUT2D eigenvalue weighted by molar-refractivity contribution is 5.90. The van der Waals surface area contributed by atoms with E-state index < -0.39 is 23.4 Å². The zero-order valence-electron chi connectivity index (χ0n) is 7.09. The van der Waals surface area contributed by atoms with Crippen molar-refractivity contribution in [2.45, 2.75) is 13.1 Å². The largest absolute Gasteiger partial charge is 0.478 e. The van der Waals surface area contributed by atoms with Gasteiger partial charge in [0.25, 0.3) is 0 Å². The zero-order chi connectivity index (χ0) is 10.9. The Morgan fingerprint density at radius 1 is 1.50 bits per heavy atom. The average molecular weight is 205 g/mol. The number of aromatic nitrogens is 1. The molecule has 0 fully saturated rings. The lowest BCUT2D eigenvalue weighted by molar-refractivity contribution is -0.141. The number of halogens is 3. The van der Waals surface area contributed by atoms with Gasteiger partial charge in [0.2, 0.25) is 0 Å². The SMILES string of the molecule is Cc1ccnc(C(F)(F)F)c1C(=O)O. The van der Waals surface area contributed by atoms with Crippen LogP contribution in [0.1, 0.15) is 21.6 Å². The first-order chi connectivity index (χ1) is 6.34. The molecule has 0 atom stereocenters. The van der Waals surface area contributed by atoms with E-state index in [1.54, 1.807) is 0 Å². The molecule has 6 heteroatoms. The number of hydrogen-bond acceptors (Lipinski definition) is 2. The number of hydrogen-bond donors (Lipinski definition) is 1. The first-order valence-corrected chi connectivity index (χ1v) is 3.60. The summed E-state index contributed by atoms with van der Waals surface area (Å²) in [6, 6.07) is 1.22. The Bertz CT molecular complexity index is 373. The van der Waals surface area contributed by atoms with Crippen molar-refractivity contribution in [3.63, 3.8) is 0 Å². The number of aromatic carboxylic acids is 1. The van der Waals surface area contributed by atoms with Gasteiger partial charge in [-0.05, 0) is 18.6 Å². The second kappa shape index (κ2) is 3.28. The van der Waals surface area contributed by atoms with E-state index in [9.17, 15) is 18.0 Å². The standard InChI is InChI=1S/C8H6F3NO2/c1-4-2-3-12-6(8(9,10)11)5(4)7(13)14/h2-3H,1H3,(H,13,14). The van der Waals surface area contributed by atoms with Gasteiger partial charge < -0.3 is 5.11 Å². The Kier molecular flexibility index (Phi) is 2.46. The fourth-order valence-corrected chi connectivity index (χ4v) is 1.04. The number of nitrogens with zero attached hydrogens (tertiary/aromatic N) is 1. The molecule has 76 valence electrons. The van der Waals surface area contributed by atoms with E-state index in [4.69, 9.17) is 5.11 Å². The average Bonchev–Trinajstić information content (AvgIpc) is 2.01. The van der Waals surface area contributed by atoms with Gasteiger partial charge in [0, 0.05) is 6.20 Å². The van der Waals surface area contributed by atoms with Crippen LogP contribution in [0.4, 0.5) is 13.2 Å². The maximum absolute atomic E-state index is 12.3. The third-order valence-electron chi connectivity index (χ3n) is 1.64. The van der Waals surface area contributed by atoms with Crippen LogP contribution in [0.2, 0.25) is 0 Å². The molecule has 0 unspecified atom stereocenters. The van der Waals surface area contributed by atoms with Gasteiger partial charge in [0.1, 0.15) is 0 Å². The molecule has 1 rings (SSSR count). The summed E-state index contributed by atoms with van der Waals surface area (Å²) in [6.45, 7) is 1.29. The van der Waals surface area contributed by atoms with E-state index in [1.165, 1.54) is 13.0 Å². The minimum absolute atomic E-state index is 0.0415. The molecule has 0 amide bonds. The van der Waals surface area contributed by atoms with Crippen molar-refractivity contribution >= 4 is 5.97 Å². The predicted octanol–water partition coefficient (Wildman–Crippen LogP) is 2.11. The third kappa shape index (κ3) is 1.84. The Hall–Kier alpha value is -1.59. The summed E-state index contributed by atoms with van der Waals surface area (Å²) < 4.78 is 36.8. The van der Waals surface area contributed by atoms with Crippen molar-refractivity contribution in [1.82, 2.24) is 4.98 Å². The molecule has 0 aliphatic carbocycles. The van der Waals surface area contributed by atoms with Crippen LogP contribution in [0.5, 0.6) is 0 Å². The molecule has 14 heavy (non-hydrogen) atoms. The van der Waals surface area contributed by atoms with Gasteiger partial charge in [-0.2, -0.15) is 13.2 Å². The fourth-order valence-electron chi connectivity index (χ4n) is 1.04. The Morgan fingerprint density at radius 3 is 2.43 bits per heavy atom. The summed E-state index contributed by atoms with van der Waals surface area (Å²) in [6.07, 6.45) is -3.80. The molecule has 0 saturated carbocycles. The summed E-state index contributed by atoms with van der Waals surface area (Å²) in [5.74, 6) is -1.62. The molecular weight excluding hydrogens is 199 g/mol. The number of carboxylic acid groups (broad SMARTS) is 1. The fraction of sp³-hybridized carbons (Fsp3) is 0.250. The van der Waals surface area contributed by atoms with E-state index >= 15 is 0 Å². The maximum Gasteiger partial charge on any atom is 0.434 e. The number of aryl methyl sites for hydroxylation is 1. The van der Waals surface area contributed by atoms with Crippen LogP contribution in [0.3, 0.4) is 0 Å². The predicted molar refractivity (Wildman–Crippen MR) is 40.9 cm³/mol. The highest BCUT2D eigenvalue weighted by Crippen LogP contribution is 2.31. The van der Waals surface area contributed by atoms with Gasteiger partial charge in [-0.1, -0.05) is 0 Å². The third-order valence-corrected chi connectivity index (χ3v) is 1.64. The molecule has 1 heterocycles. The van der Waals surface area contributed by atoms with Crippen molar-refractivity contribution in [2.75, 3.05) is 0 Å². The Morgan fingerprint density at radius 2 is 2.07 bits per heavy atom. The minimum atomic E-state index is -4.74. The number of alkyl halides is 3. The van der Waals surface area contributed by atoms with Crippen molar-refractivity contribution in [1.29, 1.82) is 0 Å². The smallest absolute Gasteiger partial charge is 0.434 e. The van der Waals surface area contributed by atoms with Crippen LogP contribution in [0.25, 0.3) is 0 Å². The normalized spacial score (nSPS) is 11.4. The Balaban J connectivity index is 3.44. The lowest BCUT2D eigenvalue weighted by Gasteiger charge is -2.10. The zero-order valence-corrected chi connectivity index (χ0v) is 7.09. The molecule has 1 aromatic heterocycles. The number of pyridine rings is 1. The number of rotatable bonds is 1. The maximum atomic E-state index is 12.3. The number of carboxylic acids is 1. The highest BCUT2D eigenvalue weighted by Gasteiger charge is 2.37. The van der Waals surface area contributed by atoms with Crippen molar-refractivity contribution in [3.05, 3.63) is 29.1 Å². The van der Waals surface area contributed by atoms with Crippen molar-refractivity contribution in [2.24, 2.45) is 0 Å². The van der Waals surface area contributed by atoms with Gasteiger partial charge in [-0.15, -0.1) is 0 Å². The second-order valence-electron chi connectivity index (χ2n) is 2.65. The van der Waals surface area contributed by atoms with Gasteiger partial charge in [-0.25, -0.2) is 4.79 Å². The molecule has 0 aliphatic rings. The van der Waals surface area contributed by atoms with Crippen LogP contribution in [0, 0.1) is 6.92 Å². The highest BCUT2D eigenvalue weighted by atomic mass is 19.4. The first kappa shape index (κ1) is 10.5. The molecule has 3 nitrogen and oxygen atoms in total. The monoisotopic (exact) mass is 205 g/mol. The van der Waals surface area contributed by atoms with E-state index in [0.29, 0.717) is 0 Å². The lowest BCUT2D eigenvalue weighted by Crippen LogP contribution is -2.16. The molecule has 0 aromatic carbocycles. The summed E-state index contributed by atoms with van der Waals surface area (Å²) in [5, 5.41) is 8.57. The van der Waals surface area contributed by atoms with Crippen LogP contribution in [-0.4, -0.2) is 16.1 Å². The molecule has 1 aromatic rings. The van der Waals surface area contributed by atoms with Crippen molar-refractivity contribution in [3.8, 4) is 0 Å². The molecule has 0 bridgehead atoms. The van der Waals surface area contributed by atoms with E-state index in [1.807, 2.05) is 0 Å². The van der Waals surface area contributed by atoms with E-state index in [2.05, 4.69) is 4.98 Å². The minimum Gasteiger partial charge on any atom is -0.478 e. The van der Waals surface area contributed by atoms with Crippen LogP contribution in [0.15, 0.2) is 12.3 Å². The van der Waals surface area contributed by atoms with Crippen LogP contribution >= 0.6 is 0 Å².